The van der Waals surface area contributed by atoms with E-state index in [1.54, 1.807) is 6.07 Å². The third-order valence-electron chi connectivity index (χ3n) is 4.65. The van der Waals surface area contributed by atoms with Gasteiger partial charge in [0.05, 0.1) is 0 Å². The quantitative estimate of drug-likeness (QED) is 0.896. The van der Waals surface area contributed by atoms with Crippen molar-refractivity contribution in [3.8, 4) is 0 Å². The SMILES string of the molecule is CSC1CCC(NC2CC(c3cccc(F)c3)C2)C1. The monoisotopic (exact) mass is 279 g/mol. The van der Waals surface area contributed by atoms with Crippen LogP contribution in [0.4, 0.5) is 4.39 Å². The second-order valence-corrected chi connectivity index (χ2v) is 7.09. The number of hydrogen-bond acceptors (Lipinski definition) is 2. The Morgan fingerprint density at radius 3 is 2.68 bits per heavy atom. The summed E-state index contributed by atoms with van der Waals surface area (Å²) in [5, 5.41) is 4.64. The number of thioether (sulfide) groups is 1. The molecule has 0 saturated heterocycles. The summed E-state index contributed by atoms with van der Waals surface area (Å²) in [6, 6.07) is 8.48. The summed E-state index contributed by atoms with van der Waals surface area (Å²) in [5.41, 5.74) is 1.17. The summed E-state index contributed by atoms with van der Waals surface area (Å²) in [5.74, 6) is 0.457. The molecule has 0 amide bonds. The molecular weight excluding hydrogens is 257 g/mol. The van der Waals surface area contributed by atoms with Crippen molar-refractivity contribution in [3.05, 3.63) is 35.6 Å². The number of benzene rings is 1. The lowest BCUT2D eigenvalue weighted by Crippen LogP contribution is -2.44. The van der Waals surface area contributed by atoms with Gasteiger partial charge in [0, 0.05) is 17.3 Å². The molecule has 0 heterocycles. The molecule has 2 unspecified atom stereocenters. The Bertz CT molecular complexity index is 431. The van der Waals surface area contributed by atoms with Crippen LogP contribution in [0.5, 0.6) is 0 Å². The first-order valence-corrected chi connectivity index (χ1v) is 8.57. The van der Waals surface area contributed by atoms with Gasteiger partial charge in [-0.15, -0.1) is 0 Å². The topological polar surface area (TPSA) is 12.0 Å². The van der Waals surface area contributed by atoms with Crippen LogP contribution in [0.2, 0.25) is 0 Å². The van der Waals surface area contributed by atoms with E-state index in [1.165, 1.54) is 43.7 Å². The highest BCUT2D eigenvalue weighted by atomic mass is 32.2. The van der Waals surface area contributed by atoms with Gasteiger partial charge in [-0.25, -0.2) is 4.39 Å². The number of rotatable bonds is 4. The van der Waals surface area contributed by atoms with Gasteiger partial charge in [0.15, 0.2) is 0 Å². The average molecular weight is 279 g/mol. The maximum atomic E-state index is 13.2. The molecule has 2 saturated carbocycles. The van der Waals surface area contributed by atoms with Gasteiger partial charge in [0.25, 0.3) is 0 Å². The summed E-state index contributed by atoms with van der Waals surface area (Å²) < 4.78 is 13.2. The predicted molar refractivity (Wildman–Crippen MR) is 80.2 cm³/mol. The molecule has 1 N–H and O–H groups in total. The van der Waals surface area contributed by atoms with Crippen molar-refractivity contribution in [2.75, 3.05) is 6.26 Å². The molecule has 1 aromatic carbocycles. The molecule has 104 valence electrons. The van der Waals surface area contributed by atoms with Crippen LogP contribution in [-0.2, 0) is 0 Å². The van der Waals surface area contributed by atoms with E-state index >= 15 is 0 Å². The highest BCUT2D eigenvalue weighted by Crippen LogP contribution is 2.38. The maximum Gasteiger partial charge on any atom is 0.123 e. The summed E-state index contributed by atoms with van der Waals surface area (Å²) in [6.45, 7) is 0. The zero-order valence-corrected chi connectivity index (χ0v) is 12.3. The van der Waals surface area contributed by atoms with Crippen molar-refractivity contribution in [3.63, 3.8) is 0 Å². The van der Waals surface area contributed by atoms with Gasteiger partial charge in [-0.3, -0.25) is 0 Å². The van der Waals surface area contributed by atoms with Crippen LogP contribution < -0.4 is 5.32 Å². The van der Waals surface area contributed by atoms with E-state index in [1.807, 2.05) is 17.8 Å². The standard InChI is InChI=1S/C16H22FNS/c1-19-16-6-5-14(10-16)18-15-8-12(9-15)11-3-2-4-13(17)7-11/h2-4,7,12,14-16,18H,5-6,8-10H2,1H3. The molecule has 2 aliphatic carbocycles. The van der Waals surface area contributed by atoms with Crippen molar-refractivity contribution < 1.29 is 4.39 Å². The lowest BCUT2D eigenvalue weighted by Gasteiger charge is -2.38. The van der Waals surface area contributed by atoms with Crippen LogP contribution in [0.1, 0.15) is 43.6 Å². The van der Waals surface area contributed by atoms with E-state index in [2.05, 4.69) is 17.6 Å². The van der Waals surface area contributed by atoms with Crippen LogP contribution in [-0.4, -0.2) is 23.6 Å². The molecule has 0 aliphatic heterocycles. The number of hydrogen-bond donors (Lipinski definition) is 1. The van der Waals surface area contributed by atoms with Crippen LogP contribution in [0.3, 0.4) is 0 Å². The molecule has 0 spiro atoms. The van der Waals surface area contributed by atoms with Gasteiger partial charge in [0.2, 0.25) is 0 Å². The highest BCUT2D eigenvalue weighted by Gasteiger charge is 2.33. The fourth-order valence-electron chi connectivity index (χ4n) is 3.43. The van der Waals surface area contributed by atoms with Crippen LogP contribution in [0.15, 0.2) is 24.3 Å². The minimum Gasteiger partial charge on any atom is -0.311 e. The van der Waals surface area contributed by atoms with E-state index in [-0.39, 0.29) is 5.82 Å². The predicted octanol–water partition coefficient (Wildman–Crippen LogP) is 3.95. The number of nitrogens with one attached hydrogen (secondary N) is 1. The first kappa shape index (κ1) is 13.4. The van der Waals surface area contributed by atoms with E-state index in [0.717, 1.165) is 11.3 Å². The minimum absolute atomic E-state index is 0.104. The molecule has 0 radical (unpaired) electrons. The second kappa shape index (κ2) is 5.84. The Hall–Kier alpha value is -0.540. The summed E-state index contributed by atoms with van der Waals surface area (Å²) in [4.78, 5) is 0. The van der Waals surface area contributed by atoms with E-state index in [9.17, 15) is 4.39 Å². The van der Waals surface area contributed by atoms with E-state index < -0.39 is 0 Å². The van der Waals surface area contributed by atoms with Crippen LogP contribution >= 0.6 is 11.8 Å². The van der Waals surface area contributed by atoms with Gasteiger partial charge in [-0.05, 0) is 62.0 Å². The third-order valence-corrected chi connectivity index (χ3v) is 5.74. The smallest absolute Gasteiger partial charge is 0.123 e. The van der Waals surface area contributed by atoms with Crippen LogP contribution in [0, 0.1) is 5.82 Å². The fraction of sp³-hybridized carbons (Fsp3) is 0.625. The first-order valence-electron chi connectivity index (χ1n) is 7.29. The van der Waals surface area contributed by atoms with Gasteiger partial charge >= 0.3 is 0 Å². The Kier molecular flexibility index (Phi) is 4.13. The number of halogens is 1. The average Bonchev–Trinajstić information content (AvgIpc) is 2.81. The molecular formula is C16H22FNS. The van der Waals surface area contributed by atoms with Gasteiger partial charge < -0.3 is 5.32 Å². The van der Waals surface area contributed by atoms with E-state index in [4.69, 9.17) is 0 Å². The molecule has 2 aliphatic rings. The Balaban J connectivity index is 1.46. The fourth-order valence-corrected chi connectivity index (χ4v) is 4.22. The summed E-state index contributed by atoms with van der Waals surface area (Å²) in [6.07, 6.45) is 8.57. The Labute approximate surface area is 119 Å². The summed E-state index contributed by atoms with van der Waals surface area (Å²) >= 11 is 2.01. The highest BCUT2D eigenvalue weighted by molar-refractivity contribution is 7.99. The van der Waals surface area contributed by atoms with E-state index in [0.29, 0.717) is 12.0 Å². The molecule has 1 nitrogen and oxygen atoms in total. The van der Waals surface area contributed by atoms with Crippen LogP contribution in [0.25, 0.3) is 0 Å². The zero-order chi connectivity index (χ0) is 13.2. The van der Waals surface area contributed by atoms with Gasteiger partial charge in [0.1, 0.15) is 5.82 Å². The largest absolute Gasteiger partial charge is 0.311 e. The molecule has 0 aromatic heterocycles. The maximum absolute atomic E-state index is 13.2. The minimum atomic E-state index is -0.104. The van der Waals surface area contributed by atoms with Crippen molar-refractivity contribution >= 4 is 11.8 Å². The molecule has 3 rings (SSSR count). The molecule has 3 heteroatoms. The lowest BCUT2D eigenvalue weighted by molar-refractivity contribution is 0.265. The Morgan fingerprint density at radius 2 is 2.00 bits per heavy atom. The van der Waals surface area contributed by atoms with Crippen molar-refractivity contribution in [2.45, 2.75) is 55.4 Å². The Morgan fingerprint density at radius 1 is 1.16 bits per heavy atom. The normalized spacial score (nSPS) is 34.2. The van der Waals surface area contributed by atoms with Crippen molar-refractivity contribution in [1.82, 2.24) is 5.32 Å². The zero-order valence-electron chi connectivity index (χ0n) is 11.4. The summed E-state index contributed by atoms with van der Waals surface area (Å²) in [7, 11) is 0. The first-order chi connectivity index (χ1) is 9.24. The molecule has 2 fully saturated rings. The third kappa shape index (κ3) is 3.14. The van der Waals surface area contributed by atoms with Gasteiger partial charge in [-0.1, -0.05) is 12.1 Å². The molecule has 19 heavy (non-hydrogen) atoms. The molecule has 0 bridgehead atoms. The molecule has 2 atom stereocenters. The van der Waals surface area contributed by atoms with Crippen molar-refractivity contribution in [2.24, 2.45) is 0 Å². The van der Waals surface area contributed by atoms with Gasteiger partial charge in [-0.2, -0.15) is 11.8 Å². The molecule has 1 aromatic rings. The lowest BCUT2D eigenvalue weighted by atomic mass is 9.75. The second-order valence-electron chi connectivity index (χ2n) is 5.95. The van der Waals surface area contributed by atoms with Crippen molar-refractivity contribution in [1.29, 1.82) is 0 Å².